The molecule has 0 unspecified atom stereocenters. The van der Waals surface area contributed by atoms with Crippen LogP contribution in [-0.2, 0) is 9.59 Å². The summed E-state index contributed by atoms with van der Waals surface area (Å²) in [5, 5.41) is 2.96. The van der Waals surface area contributed by atoms with Gasteiger partial charge in [0.15, 0.2) is 0 Å². The molecule has 0 bridgehead atoms. The van der Waals surface area contributed by atoms with E-state index >= 15 is 0 Å². The number of carbonyl (C=O) groups is 2. The molecule has 1 atom stereocenters. The molecule has 3 rings (SSSR count). The maximum atomic E-state index is 12.1. The zero-order valence-corrected chi connectivity index (χ0v) is 12.8. The van der Waals surface area contributed by atoms with Crippen LogP contribution in [0.2, 0.25) is 0 Å². The fraction of sp³-hybridized carbons (Fsp3) is 0.625. The van der Waals surface area contributed by atoms with Gasteiger partial charge in [0.25, 0.3) is 0 Å². The minimum Gasteiger partial charge on any atom is -0.468 e. The third-order valence-electron chi connectivity index (χ3n) is 4.45. The number of nitrogens with one attached hydrogen (secondary N) is 1. The lowest BCUT2D eigenvalue weighted by atomic mass is 10.2. The second-order valence-corrected chi connectivity index (χ2v) is 6.00. The average molecular weight is 305 g/mol. The molecule has 2 fully saturated rings. The van der Waals surface area contributed by atoms with Crippen molar-refractivity contribution in [3.05, 3.63) is 24.2 Å². The smallest absolute Gasteiger partial charge is 0.239 e. The van der Waals surface area contributed by atoms with Crippen LogP contribution in [0.25, 0.3) is 0 Å². The summed E-state index contributed by atoms with van der Waals surface area (Å²) in [5.41, 5.74) is 0. The summed E-state index contributed by atoms with van der Waals surface area (Å²) in [5.74, 6) is 0.878. The first kappa shape index (κ1) is 15.1. The summed E-state index contributed by atoms with van der Waals surface area (Å²) in [4.78, 5) is 27.6. The Morgan fingerprint density at radius 2 is 2.09 bits per heavy atom. The van der Waals surface area contributed by atoms with Gasteiger partial charge >= 0.3 is 0 Å². The van der Waals surface area contributed by atoms with Crippen LogP contribution in [-0.4, -0.2) is 54.3 Å². The number of furan rings is 1. The average Bonchev–Trinajstić information content (AvgIpc) is 3.23. The second kappa shape index (κ2) is 6.96. The molecular formula is C16H23N3O3. The Kier molecular flexibility index (Phi) is 4.77. The SMILES string of the molecule is O=C(CN1CCCC1=O)NC[C@@H](c1ccco1)N1CCCC1. The summed E-state index contributed by atoms with van der Waals surface area (Å²) >= 11 is 0. The molecule has 0 spiro atoms. The van der Waals surface area contributed by atoms with E-state index in [4.69, 9.17) is 4.42 Å². The fourth-order valence-electron chi connectivity index (χ4n) is 3.25. The van der Waals surface area contributed by atoms with E-state index in [0.29, 0.717) is 19.5 Å². The van der Waals surface area contributed by atoms with Gasteiger partial charge in [0, 0.05) is 19.5 Å². The fourth-order valence-corrected chi connectivity index (χ4v) is 3.25. The first-order valence-corrected chi connectivity index (χ1v) is 8.06. The highest BCUT2D eigenvalue weighted by atomic mass is 16.3. The largest absolute Gasteiger partial charge is 0.468 e. The summed E-state index contributed by atoms with van der Waals surface area (Å²) in [6.45, 7) is 3.45. The van der Waals surface area contributed by atoms with Crippen LogP contribution in [0, 0.1) is 0 Å². The monoisotopic (exact) mass is 305 g/mol. The Morgan fingerprint density at radius 3 is 2.73 bits per heavy atom. The van der Waals surface area contributed by atoms with Crippen LogP contribution in [0.15, 0.2) is 22.8 Å². The van der Waals surface area contributed by atoms with Gasteiger partial charge < -0.3 is 14.6 Å². The van der Waals surface area contributed by atoms with Crippen molar-refractivity contribution in [2.75, 3.05) is 32.7 Å². The van der Waals surface area contributed by atoms with E-state index in [-0.39, 0.29) is 24.4 Å². The van der Waals surface area contributed by atoms with E-state index in [1.807, 2.05) is 12.1 Å². The van der Waals surface area contributed by atoms with E-state index in [9.17, 15) is 9.59 Å². The third-order valence-corrected chi connectivity index (χ3v) is 4.45. The van der Waals surface area contributed by atoms with Crippen LogP contribution in [0.1, 0.15) is 37.5 Å². The number of rotatable bonds is 6. The van der Waals surface area contributed by atoms with Crippen LogP contribution < -0.4 is 5.32 Å². The standard InChI is InChI=1S/C16H23N3O3/c20-15(12-19-9-3-6-16(19)21)17-11-13(14-5-4-10-22-14)18-7-1-2-8-18/h4-5,10,13H,1-3,6-9,11-12H2,(H,17,20)/t13-/m0/s1. The summed E-state index contributed by atoms with van der Waals surface area (Å²) < 4.78 is 5.53. The van der Waals surface area contributed by atoms with Crippen LogP contribution >= 0.6 is 0 Å². The van der Waals surface area contributed by atoms with Crippen molar-refractivity contribution in [1.82, 2.24) is 15.1 Å². The molecule has 0 saturated carbocycles. The lowest BCUT2D eigenvalue weighted by Gasteiger charge is -2.26. The zero-order valence-electron chi connectivity index (χ0n) is 12.8. The maximum Gasteiger partial charge on any atom is 0.239 e. The van der Waals surface area contributed by atoms with Crippen molar-refractivity contribution in [2.45, 2.75) is 31.7 Å². The molecule has 2 aliphatic rings. The molecule has 1 N–H and O–H groups in total. The summed E-state index contributed by atoms with van der Waals surface area (Å²) in [6, 6.07) is 3.91. The molecule has 1 aromatic heterocycles. The number of hydrogen-bond donors (Lipinski definition) is 1. The van der Waals surface area contributed by atoms with E-state index < -0.39 is 0 Å². The van der Waals surface area contributed by atoms with Gasteiger partial charge in [0.05, 0.1) is 18.8 Å². The Labute approximate surface area is 130 Å². The van der Waals surface area contributed by atoms with Gasteiger partial charge in [-0.2, -0.15) is 0 Å². The van der Waals surface area contributed by atoms with Crippen molar-refractivity contribution >= 4 is 11.8 Å². The summed E-state index contributed by atoms with van der Waals surface area (Å²) in [6.07, 6.45) is 5.47. The lowest BCUT2D eigenvalue weighted by Crippen LogP contribution is -2.42. The topological polar surface area (TPSA) is 65.8 Å². The van der Waals surface area contributed by atoms with Crippen molar-refractivity contribution in [2.24, 2.45) is 0 Å². The van der Waals surface area contributed by atoms with Gasteiger partial charge in [-0.05, 0) is 44.5 Å². The molecule has 0 radical (unpaired) electrons. The zero-order chi connectivity index (χ0) is 15.4. The van der Waals surface area contributed by atoms with Crippen LogP contribution in [0.4, 0.5) is 0 Å². The minimum absolute atomic E-state index is 0.0794. The van der Waals surface area contributed by atoms with Crippen molar-refractivity contribution in [3.63, 3.8) is 0 Å². The van der Waals surface area contributed by atoms with Gasteiger partial charge in [-0.1, -0.05) is 0 Å². The van der Waals surface area contributed by atoms with Crippen molar-refractivity contribution < 1.29 is 14.0 Å². The highest BCUT2D eigenvalue weighted by Crippen LogP contribution is 2.24. The molecule has 6 heteroatoms. The predicted molar refractivity (Wildman–Crippen MR) is 81.1 cm³/mol. The molecule has 2 saturated heterocycles. The molecule has 120 valence electrons. The molecule has 0 aliphatic carbocycles. The number of likely N-dealkylation sites (tertiary alicyclic amines) is 2. The molecule has 2 amide bonds. The van der Waals surface area contributed by atoms with Gasteiger partial charge in [0.1, 0.15) is 5.76 Å². The van der Waals surface area contributed by atoms with Gasteiger partial charge in [0.2, 0.25) is 11.8 Å². The minimum atomic E-state index is -0.0917. The molecule has 2 aliphatic heterocycles. The molecule has 3 heterocycles. The molecule has 22 heavy (non-hydrogen) atoms. The number of nitrogens with zero attached hydrogens (tertiary/aromatic N) is 2. The van der Waals surface area contributed by atoms with Gasteiger partial charge in [-0.3, -0.25) is 14.5 Å². The Morgan fingerprint density at radius 1 is 1.27 bits per heavy atom. The maximum absolute atomic E-state index is 12.1. The predicted octanol–water partition coefficient (Wildman–Crippen LogP) is 1.16. The number of carbonyl (C=O) groups excluding carboxylic acids is 2. The first-order chi connectivity index (χ1) is 10.7. The van der Waals surface area contributed by atoms with Crippen molar-refractivity contribution in [1.29, 1.82) is 0 Å². The van der Waals surface area contributed by atoms with Crippen molar-refractivity contribution in [3.8, 4) is 0 Å². The molecular weight excluding hydrogens is 282 g/mol. The molecule has 1 aromatic rings. The number of amides is 2. The Bertz CT molecular complexity index is 509. The van der Waals surface area contributed by atoms with E-state index in [0.717, 1.165) is 25.3 Å². The quantitative estimate of drug-likeness (QED) is 0.856. The Balaban J connectivity index is 1.54. The van der Waals surface area contributed by atoms with E-state index in [2.05, 4.69) is 10.2 Å². The highest BCUT2D eigenvalue weighted by Gasteiger charge is 2.27. The molecule has 6 nitrogen and oxygen atoms in total. The molecule has 0 aromatic carbocycles. The second-order valence-electron chi connectivity index (χ2n) is 6.00. The van der Waals surface area contributed by atoms with Crippen LogP contribution in [0.5, 0.6) is 0 Å². The Hall–Kier alpha value is -1.82. The lowest BCUT2D eigenvalue weighted by molar-refractivity contribution is -0.133. The first-order valence-electron chi connectivity index (χ1n) is 8.06. The highest BCUT2D eigenvalue weighted by molar-refractivity contribution is 5.85. The number of hydrogen-bond acceptors (Lipinski definition) is 4. The van der Waals surface area contributed by atoms with Crippen LogP contribution in [0.3, 0.4) is 0 Å². The van der Waals surface area contributed by atoms with E-state index in [1.165, 1.54) is 12.8 Å². The van der Waals surface area contributed by atoms with Gasteiger partial charge in [-0.25, -0.2) is 0 Å². The summed E-state index contributed by atoms with van der Waals surface area (Å²) in [7, 11) is 0. The third kappa shape index (κ3) is 3.50. The van der Waals surface area contributed by atoms with Gasteiger partial charge in [-0.15, -0.1) is 0 Å². The van der Waals surface area contributed by atoms with E-state index in [1.54, 1.807) is 11.2 Å². The normalized spacial score (nSPS) is 20.5.